The van der Waals surface area contributed by atoms with Crippen molar-refractivity contribution in [2.45, 2.75) is 0 Å². The van der Waals surface area contributed by atoms with Crippen LogP contribution in [-0.2, 0) is 0 Å². The summed E-state index contributed by atoms with van der Waals surface area (Å²) in [7, 11) is 2.26. The molecule has 230 valence electrons. The highest BCUT2D eigenvalue weighted by molar-refractivity contribution is 6.06. The predicted octanol–water partition coefficient (Wildman–Crippen LogP) is 7.27. The second-order valence-corrected chi connectivity index (χ2v) is 8.63. The summed E-state index contributed by atoms with van der Waals surface area (Å²) in [4.78, 5) is 24.9. The molecule has 0 heterocycles. The highest BCUT2D eigenvalue weighted by atomic mass is 19.2. The molecule has 0 aliphatic rings. The van der Waals surface area contributed by atoms with Crippen LogP contribution < -0.4 is 20.1 Å². The lowest BCUT2D eigenvalue weighted by molar-refractivity contribution is 0.100. The quantitative estimate of drug-likeness (QED) is 0.128. The van der Waals surface area contributed by atoms with Gasteiger partial charge in [0.05, 0.1) is 25.6 Å². The number of carbonyl (C=O) groups excluding carboxylic acids is 2. The molecular formula is C28H14F10N2O4. The Hall–Kier alpha value is -5.28. The SMILES string of the molecule is COc1cc(-c2ccc(NC(=O)c3c(F)c(F)c(F)c(F)c3F)c(OC)c2)ccc1NC(=O)c1c(F)c(F)c(F)c(F)c1F. The minimum atomic E-state index is -2.45. The van der Waals surface area contributed by atoms with E-state index in [4.69, 9.17) is 9.47 Å². The number of nitrogens with one attached hydrogen (secondary N) is 2. The van der Waals surface area contributed by atoms with Gasteiger partial charge >= 0.3 is 0 Å². The van der Waals surface area contributed by atoms with Crippen molar-refractivity contribution >= 4 is 23.2 Å². The van der Waals surface area contributed by atoms with Crippen molar-refractivity contribution in [3.63, 3.8) is 0 Å². The first-order valence-electron chi connectivity index (χ1n) is 11.7. The first kappa shape index (κ1) is 31.7. The summed E-state index contributed by atoms with van der Waals surface area (Å²) in [6, 6.07) is 7.50. The third kappa shape index (κ3) is 5.45. The maximum Gasteiger partial charge on any atom is 0.261 e. The van der Waals surface area contributed by atoms with Crippen LogP contribution in [0.3, 0.4) is 0 Å². The second-order valence-electron chi connectivity index (χ2n) is 8.63. The largest absolute Gasteiger partial charge is 0.495 e. The average molecular weight is 632 g/mol. The minimum absolute atomic E-state index is 0.151. The lowest BCUT2D eigenvalue weighted by Gasteiger charge is -2.15. The van der Waals surface area contributed by atoms with Gasteiger partial charge in [-0.1, -0.05) is 12.1 Å². The fourth-order valence-electron chi connectivity index (χ4n) is 3.93. The number of methoxy groups -OCH3 is 2. The number of benzene rings is 4. The third-order valence-corrected chi connectivity index (χ3v) is 6.11. The van der Waals surface area contributed by atoms with Gasteiger partial charge in [0.2, 0.25) is 11.6 Å². The van der Waals surface area contributed by atoms with Crippen molar-refractivity contribution in [2.24, 2.45) is 0 Å². The smallest absolute Gasteiger partial charge is 0.261 e. The summed E-state index contributed by atoms with van der Waals surface area (Å²) in [5.41, 5.74) is -3.37. The predicted molar refractivity (Wildman–Crippen MR) is 133 cm³/mol. The molecule has 0 bridgehead atoms. The highest BCUT2D eigenvalue weighted by Crippen LogP contribution is 2.36. The van der Waals surface area contributed by atoms with E-state index in [9.17, 15) is 53.5 Å². The Labute approximate surface area is 239 Å². The maximum absolute atomic E-state index is 14.1. The van der Waals surface area contributed by atoms with E-state index in [0.29, 0.717) is 11.1 Å². The molecular weight excluding hydrogens is 618 g/mol. The zero-order chi connectivity index (χ0) is 32.6. The van der Waals surface area contributed by atoms with E-state index >= 15 is 0 Å². The van der Waals surface area contributed by atoms with E-state index in [0.717, 1.165) is 26.4 Å². The zero-order valence-corrected chi connectivity index (χ0v) is 21.9. The van der Waals surface area contributed by atoms with Crippen molar-refractivity contribution in [1.82, 2.24) is 0 Å². The number of carbonyl (C=O) groups is 2. The molecule has 16 heteroatoms. The Balaban J connectivity index is 1.63. The number of hydrogen-bond acceptors (Lipinski definition) is 4. The molecule has 0 unspecified atom stereocenters. The molecule has 2 N–H and O–H groups in total. The van der Waals surface area contributed by atoms with Gasteiger partial charge in [0, 0.05) is 0 Å². The van der Waals surface area contributed by atoms with Gasteiger partial charge in [0.25, 0.3) is 11.8 Å². The second kappa shape index (κ2) is 12.1. The highest BCUT2D eigenvalue weighted by Gasteiger charge is 2.31. The van der Waals surface area contributed by atoms with Crippen LogP contribution in [0.5, 0.6) is 11.5 Å². The van der Waals surface area contributed by atoms with Gasteiger partial charge in [-0.3, -0.25) is 9.59 Å². The molecule has 6 nitrogen and oxygen atoms in total. The maximum atomic E-state index is 14.1. The molecule has 0 aromatic heterocycles. The molecule has 0 aliphatic carbocycles. The lowest BCUT2D eigenvalue weighted by atomic mass is 10.0. The molecule has 0 radical (unpaired) electrons. The fraction of sp³-hybridized carbons (Fsp3) is 0.0714. The van der Waals surface area contributed by atoms with Crippen molar-refractivity contribution in [3.05, 3.63) is 106 Å². The standard InChI is InChI=1S/C28H14F10N2O4/c1-43-13-7-9(3-5-11(13)39-27(41)15-17(29)21(33)25(37)22(34)18(15)30)10-4-6-12(14(8-10)44-2)40-28(42)16-19(31)23(35)26(38)24(36)20(16)32/h3-8H,1-2H3,(H,39,41)(H,40,42). The van der Waals surface area contributed by atoms with Gasteiger partial charge in [-0.05, 0) is 35.4 Å². The van der Waals surface area contributed by atoms with Crippen LogP contribution in [0.4, 0.5) is 55.3 Å². The molecule has 4 rings (SSSR count). The van der Waals surface area contributed by atoms with Gasteiger partial charge in [0.1, 0.15) is 22.6 Å². The van der Waals surface area contributed by atoms with Crippen molar-refractivity contribution in [1.29, 1.82) is 0 Å². The molecule has 4 aromatic carbocycles. The van der Waals surface area contributed by atoms with Gasteiger partial charge in [-0.25, -0.2) is 43.9 Å². The van der Waals surface area contributed by atoms with E-state index in [1.807, 2.05) is 10.6 Å². The Morgan fingerprint density at radius 2 is 0.750 bits per heavy atom. The Bertz CT molecular complexity index is 1660. The molecule has 0 saturated carbocycles. The zero-order valence-electron chi connectivity index (χ0n) is 21.9. The van der Waals surface area contributed by atoms with E-state index in [1.54, 1.807) is 0 Å². The summed E-state index contributed by atoms with van der Waals surface area (Å²) in [6.45, 7) is 0. The van der Waals surface area contributed by atoms with Crippen molar-refractivity contribution in [2.75, 3.05) is 24.9 Å². The van der Waals surface area contributed by atoms with E-state index in [1.165, 1.54) is 24.3 Å². The molecule has 0 saturated heterocycles. The lowest BCUT2D eigenvalue weighted by Crippen LogP contribution is -2.19. The first-order chi connectivity index (χ1) is 20.7. The third-order valence-electron chi connectivity index (χ3n) is 6.11. The van der Waals surface area contributed by atoms with Crippen molar-refractivity contribution < 1.29 is 63.0 Å². The van der Waals surface area contributed by atoms with E-state index < -0.39 is 81.1 Å². The van der Waals surface area contributed by atoms with E-state index in [-0.39, 0.29) is 22.9 Å². The summed E-state index contributed by atoms with van der Waals surface area (Å²) in [5.74, 6) is -27.3. The molecule has 0 spiro atoms. The molecule has 44 heavy (non-hydrogen) atoms. The Morgan fingerprint density at radius 3 is 1.02 bits per heavy atom. The molecule has 0 atom stereocenters. The molecule has 0 aliphatic heterocycles. The summed E-state index contributed by atoms with van der Waals surface area (Å²) < 4.78 is 147. The average Bonchev–Trinajstić information content (AvgIpc) is 3.01. The molecule has 2 amide bonds. The molecule has 4 aromatic rings. The van der Waals surface area contributed by atoms with Crippen LogP contribution in [0.25, 0.3) is 11.1 Å². The van der Waals surface area contributed by atoms with Gasteiger partial charge < -0.3 is 20.1 Å². The van der Waals surface area contributed by atoms with E-state index in [2.05, 4.69) is 0 Å². The summed E-state index contributed by atoms with van der Waals surface area (Å²) in [5, 5.41) is 3.98. The van der Waals surface area contributed by atoms with Crippen LogP contribution in [0.15, 0.2) is 36.4 Å². The number of halogens is 10. The van der Waals surface area contributed by atoms with Crippen LogP contribution in [0.1, 0.15) is 20.7 Å². The van der Waals surface area contributed by atoms with Gasteiger partial charge in [-0.2, -0.15) is 0 Å². The van der Waals surface area contributed by atoms with Crippen LogP contribution in [0.2, 0.25) is 0 Å². The van der Waals surface area contributed by atoms with Gasteiger partial charge in [-0.15, -0.1) is 0 Å². The minimum Gasteiger partial charge on any atom is -0.495 e. The number of rotatable bonds is 7. The monoisotopic (exact) mass is 632 g/mol. The summed E-state index contributed by atoms with van der Waals surface area (Å²) >= 11 is 0. The number of anilines is 2. The summed E-state index contributed by atoms with van der Waals surface area (Å²) in [6.07, 6.45) is 0. The normalized spacial score (nSPS) is 10.9. The number of ether oxygens (including phenoxy) is 2. The van der Waals surface area contributed by atoms with Crippen LogP contribution >= 0.6 is 0 Å². The van der Waals surface area contributed by atoms with Crippen LogP contribution in [-0.4, -0.2) is 26.0 Å². The first-order valence-corrected chi connectivity index (χ1v) is 11.7. The Kier molecular flexibility index (Phi) is 8.73. The number of amides is 2. The molecule has 0 fully saturated rings. The number of hydrogen-bond donors (Lipinski definition) is 2. The van der Waals surface area contributed by atoms with Crippen molar-refractivity contribution in [3.8, 4) is 22.6 Å². The Morgan fingerprint density at radius 1 is 0.477 bits per heavy atom. The fourth-order valence-corrected chi connectivity index (χ4v) is 3.93. The topological polar surface area (TPSA) is 76.7 Å². The van der Waals surface area contributed by atoms with Gasteiger partial charge in [0.15, 0.2) is 46.5 Å². The van der Waals surface area contributed by atoms with Crippen LogP contribution in [0, 0.1) is 58.2 Å².